The minimum absolute atomic E-state index is 0.0868. The molecule has 0 saturated carbocycles. The molecule has 0 bridgehead atoms. The maximum atomic E-state index is 12.9. The minimum Gasteiger partial charge on any atom is -0.370 e. The number of carbonyl (C=O) groups excluding carboxylic acids is 1. The van der Waals surface area contributed by atoms with Crippen molar-refractivity contribution >= 4 is 23.3 Å². The summed E-state index contributed by atoms with van der Waals surface area (Å²) in [5, 5.41) is 8.43. The quantitative estimate of drug-likeness (QED) is 0.610. The number of amides is 2. The van der Waals surface area contributed by atoms with Gasteiger partial charge in [0.15, 0.2) is 0 Å². The van der Waals surface area contributed by atoms with E-state index in [0.29, 0.717) is 31.3 Å². The topological polar surface area (TPSA) is 59.4 Å². The Morgan fingerprint density at radius 3 is 2.71 bits per heavy atom. The van der Waals surface area contributed by atoms with Gasteiger partial charge in [0.2, 0.25) is 0 Å². The van der Waals surface area contributed by atoms with E-state index in [1.807, 2.05) is 72.9 Å². The van der Waals surface area contributed by atoms with Crippen molar-refractivity contribution in [3.05, 3.63) is 81.1 Å². The number of rotatable bonds is 5. The van der Waals surface area contributed by atoms with Crippen molar-refractivity contribution in [1.29, 1.82) is 0 Å². The van der Waals surface area contributed by atoms with Crippen LogP contribution < -0.4 is 5.32 Å². The number of anilines is 1. The molecule has 7 heteroatoms. The molecule has 4 rings (SSSR count). The fraction of sp³-hybridized carbons (Fsp3) is 0.333. The van der Waals surface area contributed by atoms with E-state index in [4.69, 9.17) is 16.3 Å². The second kappa shape index (κ2) is 9.12. The highest BCUT2D eigenvalue weighted by Crippen LogP contribution is 2.24. The van der Waals surface area contributed by atoms with Crippen LogP contribution in [0.15, 0.2) is 42.5 Å². The summed E-state index contributed by atoms with van der Waals surface area (Å²) in [5.74, 6) is 0. The number of ether oxygens (including phenoxy) is 1. The van der Waals surface area contributed by atoms with Crippen LogP contribution in [-0.2, 0) is 38.0 Å². The molecule has 0 unspecified atom stereocenters. The molecule has 2 amide bonds. The molecule has 1 aromatic heterocycles. The highest BCUT2D eigenvalue weighted by Gasteiger charge is 2.27. The molecule has 6 nitrogen and oxygen atoms in total. The lowest BCUT2D eigenvalue weighted by molar-refractivity contribution is 0.103. The standard InChI is InChI=1S/C24H27ClN4O2/c1-16-4-5-17(2)21(12-16)26-24(30)29-11-10-23-20(13-29)22(27-28(23)3)15-31-14-18-6-8-19(25)9-7-18/h4-9,12H,10-11,13-15H2,1-3H3,(H,26,30). The highest BCUT2D eigenvalue weighted by atomic mass is 35.5. The number of aryl methyl sites for hydroxylation is 3. The minimum atomic E-state index is -0.0868. The SMILES string of the molecule is Cc1ccc(C)c(NC(=O)N2CCc3c(c(COCc4ccc(Cl)cc4)nn3C)C2)c1. The Morgan fingerprint density at radius 2 is 1.94 bits per heavy atom. The Bertz CT molecular complexity index is 1090. The van der Waals surface area contributed by atoms with Crippen LogP contribution in [0.3, 0.4) is 0 Å². The lowest BCUT2D eigenvalue weighted by Crippen LogP contribution is -2.39. The molecule has 3 aromatic rings. The number of nitrogens with zero attached hydrogens (tertiary/aromatic N) is 3. The van der Waals surface area contributed by atoms with Gasteiger partial charge in [-0.05, 0) is 48.7 Å². The van der Waals surface area contributed by atoms with Gasteiger partial charge < -0.3 is 15.0 Å². The molecule has 0 fully saturated rings. The van der Waals surface area contributed by atoms with Gasteiger partial charge in [0.05, 0.1) is 25.5 Å². The Hall–Kier alpha value is -2.83. The molecule has 0 spiro atoms. The molecule has 2 aromatic carbocycles. The third kappa shape index (κ3) is 4.92. The van der Waals surface area contributed by atoms with Crippen molar-refractivity contribution in [2.45, 2.75) is 40.0 Å². The second-order valence-electron chi connectivity index (χ2n) is 8.03. The van der Waals surface area contributed by atoms with Gasteiger partial charge in [0, 0.05) is 42.0 Å². The average molecular weight is 439 g/mol. The van der Waals surface area contributed by atoms with Crippen LogP contribution >= 0.6 is 11.6 Å². The molecule has 0 radical (unpaired) electrons. The molecule has 162 valence electrons. The van der Waals surface area contributed by atoms with Crippen LogP contribution in [0, 0.1) is 13.8 Å². The van der Waals surface area contributed by atoms with Gasteiger partial charge in [-0.15, -0.1) is 0 Å². The predicted octanol–water partition coefficient (Wildman–Crippen LogP) is 5.00. The van der Waals surface area contributed by atoms with Gasteiger partial charge in [0.25, 0.3) is 0 Å². The van der Waals surface area contributed by atoms with Gasteiger partial charge in [-0.3, -0.25) is 4.68 Å². The molecule has 31 heavy (non-hydrogen) atoms. The number of benzene rings is 2. The number of carbonyl (C=O) groups is 1. The third-order valence-corrected chi connectivity index (χ3v) is 5.92. The normalized spacial score (nSPS) is 13.2. The third-order valence-electron chi connectivity index (χ3n) is 5.67. The van der Waals surface area contributed by atoms with E-state index < -0.39 is 0 Å². The zero-order valence-corrected chi connectivity index (χ0v) is 18.9. The molecule has 1 aliphatic heterocycles. The summed E-state index contributed by atoms with van der Waals surface area (Å²) in [6.45, 7) is 6.10. The van der Waals surface area contributed by atoms with Gasteiger partial charge in [0.1, 0.15) is 0 Å². The zero-order chi connectivity index (χ0) is 22.0. The van der Waals surface area contributed by atoms with E-state index in [1.54, 1.807) is 0 Å². The zero-order valence-electron chi connectivity index (χ0n) is 18.1. The Kier molecular flexibility index (Phi) is 6.30. The summed E-state index contributed by atoms with van der Waals surface area (Å²) in [6.07, 6.45) is 0.774. The summed E-state index contributed by atoms with van der Waals surface area (Å²) in [6, 6.07) is 13.6. The first-order valence-corrected chi connectivity index (χ1v) is 10.8. The summed E-state index contributed by atoms with van der Waals surface area (Å²) in [5.41, 5.74) is 7.22. The lowest BCUT2D eigenvalue weighted by atomic mass is 10.1. The van der Waals surface area contributed by atoms with Crippen LogP contribution in [-0.4, -0.2) is 27.3 Å². The van der Waals surface area contributed by atoms with Crippen molar-refractivity contribution in [2.24, 2.45) is 7.05 Å². The molecular formula is C24H27ClN4O2. The number of aromatic nitrogens is 2. The van der Waals surface area contributed by atoms with E-state index in [1.165, 1.54) is 5.69 Å². The number of nitrogens with one attached hydrogen (secondary N) is 1. The van der Waals surface area contributed by atoms with Crippen molar-refractivity contribution in [3.8, 4) is 0 Å². The highest BCUT2D eigenvalue weighted by molar-refractivity contribution is 6.30. The first-order valence-electron chi connectivity index (χ1n) is 10.4. The van der Waals surface area contributed by atoms with Crippen LogP contribution in [0.1, 0.15) is 33.6 Å². The number of halogens is 1. The van der Waals surface area contributed by atoms with E-state index in [2.05, 4.69) is 10.4 Å². The number of urea groups is 1. The molecule has 1 N–H and O–H groups in total. The summed E-state index contributed by atoms with van der Waals surface area (Å²) < 4.78 is 7.82. The number of hydrogen-bond acceptors (Lipinski definition) is 3. The van der Waals surface area contributed by atoms with Gasteiger partial charge in [-0.25, -0.2) is 4.79 Å². The van der Waals surface area contributed by atoms with E-state index in [9.17, 15) is 4.79 Å². The van der Waals surface area contributed by atoms with Crippen LogP contribution in [0.5, 0.6) is 0 Å². The van der Waals surface area contributed by atoms with E-state index in [-0.39, 0.29) is 6.03 Å². The molecule has 0 atom stereocenters. The first kappa shape index (κ1) is 21.4. The van der Waals surface area contributed by atoms with Crippen LogP contribution in [0.2, 0.25) is 5.02 Å². The molecule has 2 heterocycles. The molecule has 0 aliphatic carbocycles. The van der Waals surface area contributed by atoms with Crippen LogP contribution in [0.25, 0.3) is 0 Å². The molecular weight excluding hydrogens is 412 g/mol. The van der Waals surface area contributed by atoms with Crippen molar-refractivity contribution in [2.75, 3.05) is 11.9 Å². The fourth-order valence-electron chi connectivity index (χ4n) is 3.87. The Morgan fingerprint density at radius 1 is 1.16 bits per heavy atom. The van der Waals surface area contributed by atoms with Gasteiger partial charge >= 0.3 is 6.03 Å². The van der Waals surface area contributed by atoms with Gasteiger partial charge in [-0.2, -0.15) is 5.10 Å². The number of hydrogen-bond donors (Lipinski definition) is 1. The Balaban J connectivity index is 1.42. The van der Waals surface area contributed by atoms with E-state index >= 15 is 0 Å². The van der Waals surface area contributed by atoms with Gasteiger partial charge in [-0.1, -0.05) is 35.9 Å². The summed E-state index contributed by atoms with van der Waals surface area (Å²) in [7, 11) is 1.95. The monoisotopic (exact) mass is 438 g/mol. The Labute approximate surface area is 187 Å². The summed E-state index contributed by atoms with van der Waals surface area (Å²) >= 11 is 5.94. The molecule has 0 saturated heterocycles. The maximum Gasteiger partial charge on any atom is 0.322 e. The van der Waals surface area contributed by atoms with Crippen LogP contribution in [0.4, 0.5) is 10.5 Å². The average Bonchev–Trinajstić information content (AvgIpc) is 3.07. The largest absolute Gasteiger partial charge is 0.370 e. The second-order valence-corrected chi connectivity index (χ2v) is 8.47. The lowest BCUT2D eigenvalue weighted by Gasteiger charge is -2.28. The van der Waals surface area contributed by atoms with Crippen molar-refractivity contribution < 1.29 is 9.53 Å². The molecule has 1 aliphatic rings. The predicted molar refractivity (Wildman–Crippen MR) is 122 cm³/mol. The van der Waals surface area contributed by atoms with Crippen molar-refractivity contribution in [1.82, 2.24) is 14.7 Å². The number of fused-ring (bicyclic) bond motifs is 1. The maximum absolute atomic E-state index is 12.9. The van der Waals surface area contributed by atoms with E-state index in [0.717, 1.165) is 40.1 Å². The summed E-state index contributed by atoms with van der Waals surface area (Å²) in [4.78, 5) is 14.8. The fourth-order valence-corrected chi connectivity index (χ4v) is 4.00. The first-order chi connectivity index (χ1) is 14.9. The smallest absolute Gasteiger partial charge is 0.322 e. The van der Waals surface area contributed by atoms with Crippen molar-refractivity contribution in [3.63, 3.8) is 0 Å².